The summed E-state index contributed by atoms with van der Waals surface area (Å²) in [6, 6.07) is 0. The van der Waals surface area contributed by atoms with Crippen molar-refractivity contribution >= 4 is 48.1 Å². The normalized spacial score (nSPS) is 11.5. The van der Waals surface area contributed by atoms with E-state index in [4.69, 9.17) is 42.6 Å². The van der Waals surface area contributed by atoms with Crippen LogP contribution in [0.15, 0.2) is 103 Å². The molecule has 0 saturated heterocycles. The van der Waals surface area contributed by atoms with Crippen molar-refractivity contribution in [1.29, 1.82) is 0 Å². The Kier molecular flexibility index (Phi) is 24.2. The Morgan fingerprint density at radius 1 is 0.406 bits per heavy atom. The zero-order valence-corrected chi connectivity index (χ0v) is 38.4. The molecule has 0 aliphatic heterocycles. The molecule has 0 aromatic carbocycles. The van der Waals surface area contributed by atoms with Crippen molar-refractivity contribution in [2.24, 2.45) is 0 Å². The van der Waals surface area contributed by atoms with Crippen molar-refractivity contribution in [1.82, 2.24) is 29.7 Å². The topological polar surface area (TPSA) is 322 Å². The summed E-state index contributed by atoms with van der Waals surface area (Å²) in [4.78, 5) is 139. The molecule has 1 unspecified atom stereocenters. The van der Waals surface area contributed by atoms with E-state index >= 15 is 0 Å². The first-order chi connectivity index (χ1) is 32.4. The van der Waals surface area contributed by atoms with Crippen molar-refractivity contribution in [3.05, 3.63) is 120 Å². The maximum atomic E-state index is 13.7. The van der Waals surface area contributed by atoms with E-state index in [-0.39, 0.29) is 12.4 Å². The summed E-state index contributed by atoms with van der Waals surface area (Å²) in [6.07, 6.45) is 1.98. The van der Waals surface area contributed by atoms with Crippen LogP contribution in [0.3, 0.4) is 0 Å². The van der Waals surface area contributed by atoms with Crippen molar-refractivity contribution in [2.75, 3.05) is 59.5 Å². The molecule has 0 aliphatic rings. The van der Waals surface area contributed by atoms with Gasteiger partial charge in [-0.05, 0) is 26.8 Å². The number of nitrogens with one attached hydrogen (secondary N) is 3. The van der Waals surface area contributed by atoms with Gasteiger partial charge in [-0.15, -0.1) is 0 Å². The van der Waals surface area contributed by atoms with Crippen molar-refractivity contribution in [3.8, 4) is 0 Å². The van der Waals surface area contributed by atoms with Crippen molar-refractivity contribution in [3.63, 3.8) is 0 Å². The van der Waals surface area contributed by atoms with E-state index in [0.717, 1.165) is 30.4 Å². The zero-order chi connectivity index (χ0) is 52.4. The molecule has 0 fully saturated rings. The molecule has 0 spiro atoms. The summed E-state index contributed by atoms with van der Waals surface area (Å²) in [6.45, 7) is 20.4. The lowest BCUT2D eigenvalue weighted by Crippen LogP contribution is -2.56. The molecule has 1 aromatic heterocycles. The molecular weight excluding hydrogens is 920 g/mol. The third-order valence-electron chi connectivity index (χ3n) is 8.54. The SMILES string of the molecule is C=CC(=C)OCC(C)(COC(=O)C=C)NC(=O)OCCn1c(=O)n(CCOC(=O)NC(C)(COC(=O)C=C)COC(=O)C=C)c(=O)n(CCOC(=O)NC(C)(COC(=O)C=C)COC(=O)C=C)c1=O. The number of hydrogen-bond acceptors (Lipinski definition) is 20. The Morgan fingerprint density at radius 2 is 0.623 bits per heavy atom. The lowest BCUT2D eigenvalue weighted by atomic mass is 10.1. The van der Waals surface area contributed by atoms with Crippen LogP contribution in [0.25, 0.3) is 0 Å². The summed E-state index contributed by atoms with van der Waals surface area (Å²) in [5.41, 5.74) is -8.45. The fourth-order valence-electron chi connectivity index (χ4n) is 4.89. The third-order valence-corrected chi connectivity index (χ3v) is 8.54. The van der Waals surface area contributed by atoms with Crippen LogP contribution in [0.2, 0.25) is 0 Å². The highest BCUT2D eigenvalue weighted by atomic mass is 16.6. The van der Waals surface area contributed by atoms with E-state index < -0.39 is 154 Å². The first-order valence-electron chi connectivity index (χ1n) is 20.1. The first kappa shape index (κ1) is 58.6. The molecule has 26 heteroatoms. The number of alkyl carbamates (subject to hydrolysis) is 3. The highest BCUT2D eigenvalue weighted by molar-refractivity contribution is 5.83. The average Bonchev–Trinajstić information content (AvgIpc) is 3.32. The van der Waals surface area contributed by atoms with Gasteiger partial charge in [0.15, 0.2) is 0 Å². The Morgan fingerprint density at radius 3 is 0.826 bits per heavy atom. The Bertz CT molecular complexity index is 1970. The maximum Gasteiger partial charge on any atom is 0.407 e. The average molecular weight is 977 g/mol. The van der Waals surface area contributed by atoms with E-state index in [0.29, 0.717) is 13.7 Å². The molecule has 3 N–H and O–H groups in total. The number of carbonyl (C=O) groups is 8. The van der Waals surface area contributed by atoms with Gasteiger partial charge < -0.3 is 58.6 Å². The number of rotatable bonds is 31. The molecule has 0 bridgehead atoms. The predicted octanol–water partition coefficient (Wildman–Crippen LogP) is -0.0113. The van der Waals surface area contributed by atoms with E-state index in [2.05, 4.69) is 62.0 Å². The quantitative estimate of drug-likeness (QED) is 0.0290. The van der Waals surface area contributed by atoms with Crippen LogP contribution in [0.1, 0.15) is 20.8 Å². The van der Waals surface area contributed by atoms with Gasteiger partial charge in [-0.2, -0.15) is 0 Å². The largest absolute Gasteiger partial charge is 0.492 e. The second-order valence-electron chi connectivity index (χ2n) is 14.8. The van der Waals surface area contributed by atoms with E-state index in [9.17, 15) is 52.7 Å². The maximum absolute atomic E-state index is 13.7. The molecule has 1 aromatic rings. The minimum atomic E-state index is -1.59. The second kappa shape index (κ2) is 28.6. The van der Waals surface area contributed by atoms with Crippen molar-refractivity contribution < 1.29 is 81.0 Å². The van der Waals surface area contributed by atoms with Gasteiger partial charge in [0, 0.05) is 30.4 Å². The summed E-state index contributed by atoms with van der Waals surface area (Å²) < 4.78 is 47.4. The number of hydrogen-bond donors (Lipinski definition) is 3. The standard InChI is InChI=1S/C43H56N6O20/c1-11-29(7)64-23-41(8,24-65-30(50)12-2)44-35(55)61-20-17-47-38(58)48(18-21-62-36(56)45-42(9,25-66-31(51)13-3)26-67-32(52)14-4)40(60)49(39(47)59)19-22-63-37(57)46-43(10,27-68-33(53)15-5)28-69-34(54)16-6/h11-16H,1-7,17-28H2,8-10H3,(H,44,55)(H,45,56)(H,46,57). The fourth-order valence-corrected chi connectivity index (χ4v) is 4.89. The van der Waals surface area contributed by atoms with E-state index in [1.54, 1.807) is 0 Å². The van der Waals surface area contributed by atoms with Crippen LogP contribution < -0.4 is 33.0 Å². The molecule has 26 nitrogen and oxygen atoms in total. The van der Waals surface area contributed by atoms with Crippen LogP contribution >= 0.6 is 0 Å². The molecule has 0 radical (unpaired) electrons. The molecule has 69 heavy (non-hydrogen) atoms. The van der Waals surface area contributed by atoms with Gasteiger partial charge in [-0.3, -0.25) is 0 Å². The van der Waals surface area contributed by atoms with Crippen molar-refractivity contribution in [2.45, 2.75) is 57.0 Å². The van der Waals surface area contributed by atoms with E-state index in [1.165, 1.54) is 26.8 Å². The summed E-state index contributed by atoms with van der Waals surface area (Å²) in [7, 11) is 0. The number of allylic oxidation sites excluding steroid dienone is 1. The lowest BCUT2D eigenvalue weighted by Gasteiger charge is -2.29. The van der Waals surface area contributed by atoms with Gasteiger partial charge in [0.25, 0.3) is 0 Å². The molecular formula is C43H56N6O20. The fraction of sp³-hybridized carbons (Fsp3) is 0.419. The number of aromatic nitrogens is 3. The van der Waals surface area contributed by atoms with Gasteiger partial charge in [-0.1, -0.05) is 46.1 Å². The van der Waals surface area contributed by atoms with Gasteiger partial charge >= 0.3 is 65.2 Å². The number of carbonyl (C=O) groups excluding carboxylic acids is 8. The smallest absolute Gasteiger partial charge is 0.407 e. The molecule has 1 rings (SSSR count). The van der Waals surface area contributed by atoms with Gasteiger partial charge in [0.2, 0.25) is 0 Å². The molecule has 1 atom stereocenters. The third kappa shape index (κ3) is 21.2. The molecule has 378 valence electrons. The summed E-state index contributed by atoms with van der Waals surface area (Å²) >= 11 is 0. The summed E-state index contributed by atoms with van der Waals surface area (Å²) in [5.74, 6) is -4.22. The van der Waals surface area contributed by atoms with Crippen LogP contribution in [0.4, 0.5) is 14.4 Å². The lowest BCUT2D eigenvalue weighted by molar-refractivity contribution is -0.146. The molecule has 0 aliphatic carbocycles. The Hall–Kier alpha value is -8.45. The van der Waals surface area contributed by atoms with Crippen LogP contribution in [-0.2, 0) is 86.2 Å². The molecule has 0 saturated carbocycles. The minimum Gasteiger partial charge on any atom is -0.492 e. The Labute approximate surface area is 394 Å². The number of esters is 5. The monoisotopic (exact) mass is 976 g/mol. The number of nitrogens with zero attached hydrogens (tertiary/aromatic N) is 3. The number of amides is 3. The van der Waals surface area contributed by atoms with Crippen LogP contribution in [-0.4, -0.2) is 138 Å². The van der Waals surface area contributed by atoms with Crippen LogP contribution in [0.5, 0.6) is 0 Å². The molecule has 3 amide bonds. The molecule has 1 heterocycles. The van der Waals surface area contributed by atoms with Gasteiger partial charge in [0.1, 0.15) is 81.8 Å². The summed E-state index contributed by atoms with van der Waals surface area (Å²) in [5, 5.41) is 7.15. The zero-order valence-electron chi connectivity index (χ0n) is 38.4. The van der Waals surface area contributed by atoms with E-state index in [1.807, 2.05) is 0 Å². The minimum absolute atomic E-state index is 0.113. The first-order valence-corrected chi connectivity index (χ1v) is 20.1. The number of ether oxygens (including phenoxy) is 9. The highest BCUT2D eigenvalue weighted by Gasteiger charge is 2.33. The highest BCUT2D eigenvalue weighted by Crippen LogP contribution is 2.11. The van der Waals surface area contributed by atoms with Gasteiger partial charge in [0.05, 0.1) is 19.6 Å². The Balaban J connectivity index is 3.49. The second-order valence-corrected chi connectivity index (χ2v) is 14.8. The van der Waals surface area contributed by atoms with Gasteiger partial charge in [-0.25, -0.2) is 66.4 Å². The van der Waals surface area contributed by atoms with Crippen LogP contribution in [0, 0.1) is 0 Å². The predicted molar refractivity (Wildman–Crippen MR) is 239 cm³/mol.